The van der Waals surface area contributed by atoms with Crippen molar-refractivity contribution < 1.29 is 19.4 Å². The molecular weight excluding hydrogens is 351 g/mol. The summed E-state index contributed by atoms with van der Waals surface area (Å²) in [7, 11) is 0. The monoisotopic (exact) mass is 356 g/mol. The third kappa shape index (κ3) is 3.93. The molecule has 10 heteroatoms. The maximum atomic E-state index is 12.0. The average Bonchev–Trinajstić information content (AvgIpc) is 2.50. The molecule has 0 aliphatic carbocycles. The lowest BCUT2D eigenvalue weighted by molar-refractivity contribution is -0.394. The van der Waals surface area contributed by atoms with Crippen molar-refractivity contribution in [1.29, 1.82) is 0 Å². The number of halogens is 2. The Labute approximate surface area is 138 Å². The van der Waals surface area contributed by atoms with Gasteiger partial charge < -0.3 is 4.74 Å². The van der Waals surface area contributed by atoms with Gasteiger partial charge in [0.1, 0.15) is 5.75 Å². The van der Waals surface area contributed by atoms with Crippen molar-refractivity contribution in [3.8, 4) is 5.75 Å². The maximum absolute atomic E-state index is 12.0. The van der Waals surface area contributed by atoms with Crippen molar-refractivity contribution in [2.75, 3.05) is 0 Å². The van der Waals surface area contributed by atoms with E-state index in [4.69, 9.17) is 27.9 Å². The van der Waals surface area contributed by atoms with Gasteiger partial charge >= 0.3 is 5.97 Å². The minimum absolute atomic E-state index is 0.0403. The zero-order chi connectivity index (χ0) is 17.1. The van der Waals surface area contributed by atoms with Crippen molar-refractivity contribution in [3.05, 3.63) is 72.2 Å². The van der Waals surface area contributed by atoms with Crippen LogP contribution >= 0.6 is 23.2 Å². The Bertz CT molecular complexity index is 792. The summed E-state index contributed by atoms with van der Waals surface area (Å²) in [5, 5.41) is 22.0. The van der Waals surface area contributed by atoms with E-state index >= 15 is 0 Å². The standard InChI is InChI=1S/C13H6Cl2N2O6/c14-11-2-1-10(6-12(11)15)23-13(18)7-3-8(16(19)20)5-9(4-7)17(21)22/h1-6H. The van der Waals surface area contributed by atoms with E-state index in [2.05, 4.69) is 0 Å². The molecular formula is C13H6Cl2N2O6. The summed E-state index contributed by atoms with van der Waals surface area (Å²) in [6, 6.07) is 6.53. The number of nitrogens with zero attached hydrogens (tertiary/aromatic N) is 2. The van der Waals surface area contributed by atoms with Crippen LogP contribution in [0.2, 0.25) is 10.0 Å². The summed E-state index contributed by atoms with van der Waals surface area (Å²) in [6.45, 7) is 0. The first kappa shape index (κ1) is 16.7. The molecule has 0 radical (unpaired) electrons. The number of nitro benzene ring substituents is 2. The van der Waals surface area contributed by atoms with Gasteiger partial charge in [-0.1, -0.05) is 23.2 Å². The predicted octanol–water partition coefficient (Wildman–Crippen LogP) is 4.03. The third-order valence-electron chi connectivity index (χ3n) is 2.66. The molecule has 2 rings (SSSR count). The summed E-state index contributed by atoms with van der Waals surface area (Å²) in [5.41, 5.74) is -1.53. The van der Waals surface area contributed by atoms with Crippen molar-refractivity contribution >= 4 is 40.5 Å². The van der Waals surface area contributed by atoms with Gasteiger partial charge in [-0.2, -0.15) is 0 Å². The van der Waals surface area contributed by atoms with Crippen LogP contribution in [0.15, 0.2) is 36.4 Å². The Morgan fingerprint density at radius 2 is 1.48 bits per heavy atom. The minimum atomic E-state index is -1.00. The van der Waals surface area contributed by atoms with Crippen LogP contribution in [-0.4, -0.2) is 15.8 Å². The van der Waals surface area contributed by atoms with Gasteiger partial charge in [-0.25, -0.2) is 4.79 Å². The third-order valence-corrected chi connectivity index (χ3v) is 3.40. The summed E-state index contributed by atoms with van der Waals surface area (Å²) in [6.07, 6.45) is 0. The van der Waals surface area contributed by atoms with Crippen LogP contribution in [0.25, 0.3) is 0 Å². The lowest BCUT2D eigenvalue weighted by Crippen LogP contribution is -2.09. The van der Waals surface area contributed by atoms with Gasteiger partial charge in [-0.15, -0.1) is 0 Å². The van der Waals surface area contributed by atoms with Crippen LogP contribution in [0, 0.1) is 20.2 Å². The summed E-state index contributed by atoms with van der Waals surface area (Å²) >= 11 is 11.5. The van der Waals surface area contributed by atoms with Crippen LogP contribution in [0.4, 0.5) is 11.4 Å². The van der Waals surface area contributed by atoms with Crippen LogP contribution in [0.5, 0.6) is 5.75 Å². The molecule has 0 bridgehead atoms. The average molecular weight is 357 g/mol. The van der Waals surface area contributed by atoms with Gasteiger partial charge in [-0.3, -0.25) is 20.2 Å². The van der Waals surface area contributed by atoms with E-state index in [0.717, 1.165) is 18.2 Å². The second kappa shape index (κ2) is 6.59. The molecule has 0 spiro atoms. The number of benzene rings is 2. The van der Waals surface area contributed by atoms with E-state index in [1.54, 1.807) is 0 Å². The zero-order valence-corrected chi connectivity index (χ0v) is 12.6. The molecule has 8 nitrogen and oxygen atoms in total. The first-order valence-electron chi connectivity index (χ1n) is 5.89. The van der Waals surface area contributed by atoms with E-state index in [0.29, 0.717) is 0 Å². The highest BCUT2D eigenvalue weighted by molar-refractivity contribution is 6.42. The molecule has 0 aliphatic rings. The molecule has 23 heavy (non-hydrogen) atoms. The van der Waals surface area contributed by atoms with Crippen molar-refractivity contribution in [2.45, 2.75) is 0 Å². The summed E-state index contributed by atoms with van der Waals surface area (Å²) in [5.74, 6) is -0.964. The molecule has 0 heterocycles. The first-order valence-corrected chi connectivity index (χ1v) is 6.64. The molecule has 0 N–H and O–H groups in total. The molecule has 0 saturated heterocycles. The van der Waals surface area contributed by atoms with Crippen LogP contribution in [0.3, 0.4) is 0 Å². The zero-order valence-electron chi connectivity index (χ0n) is 11.1. The van der Waals surface area contributed by atoms with E-state index in [1.807, 2.05) is 0 Å². The van der Waals surface area contributed by atoms with Gasteiger partial charge in [0.25, 0.3) is 11.4 Å². The van der Waals surface area contributed by atoms with Gasteiger partial charge in [0.2, 0.25) is 0 Å². The normalized spacial score (nSPS) is 10.2. The van der Waals surface area contributed by atoms with Gasteiger partial charge in [0.15, 0.2) is 0 Å². The number of ether oxygens (including phenoxy) is 1. The molecule has 2 aromatic rings. The molecule has 0 atom stereocenters. The molecule has 0 saturated carbocycles. The number of carbonyl (C=O) groups is 1. The largest absolute Gasteiger partial charge is 0.423 e. The predicted molar refractivity (Wildman–Crippen MR) is 81.2 cm³/mol. The Morgan fingerprint density at radius 3 is 1.96 bits per heavy atom. The summed E-state index contributed by atoms with van der Waals surface area (Å²) in [4.78, 5) is 31.9. The Morgan fingerprint density at radius 1 is 0.913 bits per heavy atom. The Kier molecular flexibility index (Phi) is 4.77. The second-order valence-corrected chi connectivity index (χ2v) is 5.03. The quantitative estimate of drug-likeness (QED) is 0.353. The smallest absolute Gasteiger partial charge is 0.344 e. The Hall–Kier alpha value is -2.71. The fourth-order valence-electron chi connectivity index (χ4n) is 1.63. The molecule has 118 valence electrons. The van der Waals surface area contributed by atoms with Crippen LogP contribution in [-0.2, 0) is 0 Å². The second-order valence-electron chi connectivity index (χ2n) is 4.22. The number of nitro groups is 2. The number of esters is 1. The van der Waals surface area contributed by atoms with Crippen molar-refractivity contribution in [2.24, 2.45) is 0 Å². The number of hydrogen-bond donors (Lipinski definition) is 0. The fourth-order valence-corrected chi connectivity index (χ4v) is 1.92. The molecule has 2 aromatic carbocycles. The highest BCUT2D eigenvalue weighted by Crippen LogP contribution is 2.28. The minimum Gasteiger partial charge on any atom is -0.423 e. The van der Waals surface area contributed by atoms with Gasteiger partial charge in [0, 0.05) is 18.2 Å². The Balaban J connectivity index is 2.36. The highest BCUT2D eigenvalue weighted by atomic mass is 35.5. The lowest BCUT2D eigenvalue weighted by atomic mass is 10.2. The molecule has 0 amide bonds. The van der Waals surface area contributed by atoms with E-state index in [-0.39, 0.29) is 21.4 Å². The molecule has 0 aromatic heterocycles. The van der Waals surface area contributed by atoms with E-state index < -0.39 is 27.2 Å². The van der Waals surface area contributed by atoms with Crippen molar-refractivity contribution in [3.63, 3.8) is 0 Å². The van der Waals surface area contributed by atoms with E-state index in [1.165, 1.54) is 18.2 Å². The summed E-state index contributed by atoms with van der Waals surface area (Å²) < 4.78 is 4.98. The van der Waals surface area contributed by atoms with Crippen LogP contribution < -0.4 is 4.74 Å². The van der Waals surface area contributed by atoms with Crippen molar-refractivity contribution in [1.82, 2.24) is 0 Å². The topological polar surface area (TPSA) is 113 Å². The SMILES string of the molecule is O=C(Oc1ccc(Cl)c(Cl)c1)c1cc([N+](=O)[O-])cc([N+](=O)[O-])c1. The fraction of sp³-hybridized carbons (Fsp3) is 0. The number of carbonyl (C=O) groups excluding carboxylic acids is 1. The number of hydrogen-bond acceptors (Lipinski definition) is 6. The number of non-ortho nitro benzene ring substituents is 2. The van der Waals surface area contributed by atoms with Gasteiger partial charge in [0.05, 0.1) is 31.5 Å². The molecule has 0 fully saturated rings. The van der Waals surface area contributed by atoms with Gasteiger partial charge in [-0.05, 0) is 12.1 Å². The van der Waals surface area contributed by atoms with Crippen LogP contribution in [0.1, 0.15) is 10.4 Å². The first-order chi connectivity index (χ1) is 10.8. The molecule has 0 unspecified atom stereocenters. The highest BCUT2D eigenvalue weighted by Gasteiger charge is 2.21. The van der Waals surface area contributed by atoms with E-state index in [9.17, 15) is 25.0 Å². The maximum Gasteiger partial charge on any atom is 0.344 e. The number of rotatable bonds is 4. The lowest BCUT2D eigenvalue weighted by Gasteiger charge is -2.05. The molecule has 0 aliphatic heterocycles.